The zero-order valence-electron chi connectivity index (χ0n) is 17.4. The molecule has 9 nitrogen and oxygen atoms in total. The highest BCUT2D eigenvalue weighted by Crippen LogP contribution is 2.21. The molecule has 3 aromatic rings. The Hall–Kier alpha value is -3.62. The first-order chi connectivity index (χ1) is 14.4. The summed E-state index contributed by atoms with van der Waals surface area (Å²) in [5.41, 5.74) is 3.84. The molecular formula is C21H24N6O3. The van der Waals surface area contributed by atoms with E-state index in [1.807, 2.05) is 48.9 Å². The van der Waals surface area contributed by atoms with Crippen LogP contribution in [0.1, 0.15) is 30.3 Å². The molecule has 0 fully saturated rings. The summed E-state index contributed by atoms with van der Waals surface area (Å²) in [5, 5.41) is 11.1. The zero-order valence-corrected chi connectivity index (χ0v) is 17.4. The topological polar surface area (TPSA) is 95.4 Å². The molecule has 1 aromatic carbocycles. The number of hydrogen-bond acceptors (Lipinski definition) is 5. The van der Waals surface area contributed by atoms with Crippen LogP contribution >= 0.6 is 0 Å². The van der Waals surface area contributed by atoms with Crippen LogP contribution in [0, 0.1) is 13.8 Å². The van der Waals surface area contributed by atoms with Gasteiger partial charge in [0.25, 0.3) is 11.5 Å². The fourth-order valence-corrected chi connectivity index (χ4v) is 3.64. The highest BCUT2D eigenvalue weighted by Gasteiger charge is 2.32. The molecule has 0 bridgehead atoms. The van der Waals surface area contributed by atoms with E-state index in [2.05, 4.69) is 15.6 Å². The largest absolute Gasteiger partial charge is 0.382 e. The van der Waals surface area contributed by atoms with Crippen LogP contribution in [0.15, 0.2) is 46.5 Å². The third-order valence-corrected chi connectivity index (χ3v) is 5.48. The number of carbonyl (C=O) groups excluding carboxylic acids is 1. The van der Waals surface area contributed by atoms with Crippen molar-refractivity contribution in [1.82, 2.24) is 19.1 Å². The molecule has 1 aliphatic heterocycles. The Morgan fingerprint density at radius 1 is 1.23 bits per heavy atom. The smallest absolute Gasteiger partial charge is 0.295 e. The Bertz CT molecular complexity index is 1190. The summed E-state index contributed by atoms with van der Waals surface area (Å²) in [7, 11) is 1.78. The normalized spacial score (nSPS) is 15.7. The molecule has 0 radical (unpaired) electrons. The van der Waals surface area contributed by atoms with Crippen LogP contribution < -0.4 is 10.9 Å². The van der Waals surface area contributed by atoms with Gasteiger partial charge >= 0.3 is 0 Å². The van der Waals surface area contributed by atoms with Crippen LogP contribution in [0.5, 0.6) is 0 Å². The molecule has 4 rings (SSSR count). The fraction of sp³-hybridized carbons (Fsp3) is 0.333. The monoisotopic (exact) mass is 408 g/mol. The molecule has 0 saturated carbocycles. The number of anilines is 1. The minimum atomic E-state index is -0.798. The lowest BCUT2D eigenvalue weighted by molar-refractivity contribution is -0.125. The van der Waals surface area contributed by atoms with E-state index in [4.69, 9.17) is 4.84 Å². The molecule has 9 heteroatoms. The van der Waals surface area contributed by atoms with Crippen molar-refractivity contribution in [1.29, 1.82) is 0 Å². The summed E-state index contributed by atoms with van der Waals surface area (Å²) in [4.78, 5) is 31.2. The second-order valence-corrected chi connectivity index (χ2v) is 7.22. The van der Waals surface area contributed by atoms with Gasteiger partial charge in [0.1, 0.15) is 5.69 Å². The van der Waals surface area contributed by atoms with Crippen molar-refractivity contribution in [3.05, 3.63) is 63.8 Å². The zero-order chi connectivity index (χ0) is 21.4. The van der Waals surface area contributed by atoms with Crippen LogP contribution in [0.2, 0.25) is 0 Å². The maximum Gasteiger partial charge on any atom is 0.295 e. The van der Waals surface area contributed by atoms with Crippen molar-refractivity contribution < 1.29 is 9.63 Å². The van der Waals surface area contributed by atoms with E-state index in [0.29, 0.717) is 17.8 Å². The molecule has 1 N–H and O–H groups in total. The van der Waals surface area contributed by atoms with E-state index in [0.717, 1.165) is 23.5 Å². The highest BCUT2D eigenvalue weighted by atomic mass is 16.6. The summed E-state index contributed by atoms with van der Waals surface area (Å²) < 4.78 is 5.10. The Balaban J connectivity index is 1.53. The molecule has 1 aliphatic rings. The number of para-hydroxylation sites is 1. The summed E-state index contributed by atoms with van der Waals surface area (Å²) >= 11 is 0. The van der Waals surface area contributed by atoms with Crippen LogP contribution in [-0.4, -0.2) is 36.9 Å². The van der Waals surface area contributed by atoms with Crippen molar-refractivity contribution in [2.75, 3.05) is 5.32 Å². The number of oxime groups is 1. The molecule has 156 valence electrons. The summed E-state index contributed by atoms with van der Waals surface area (Å²) in [6, 6.07) is 9.28. The molecule has 0 saturated heterocycles. The van der Waals surface area contributed by atoms with Gasteiger partial charge in [-0.3, -0.25) is 19.0 Å². The van der Waals surface area contributed by atoms with E-state index in [1.165, 1.54) is 4.68 Å². The average Bonchev–Trinajstić information content (AvgIpc) is 3.42. The summed E-state index contributed by atoms with van der Waals surface area (Å²) in [6.07, 6.45) is 1.26. The van der Waals surface area contributed by atoms with Crippen molar-refractivity contribution >= 4 is 17.3 Å². The van der Waals surface area contributed by atoms with Gasteiger partial charge in [-0.1, -0.05) is 23.4 Å². The average molecular weight is 408 g/mol. The number of aromatic nitrogens is 4. The molecule has 0 unspecified atom stereocenters. The quantitative estimate of drug-likeness (QED) is 0.700. The van der Waals surface area contributed by atoms with Gasteiger partial charge in [0, 0.05) is 31.3 Å². The van der Waals surface area contributed by atoms with Crippen LogP contribution in [0.3, 0.4) is 0 Å². The maximum absolute atomic E-state index is 13.0. The van der Waals surface area contributed by atoms with E-state index in [9.17, 15) is 9.59 Å². The molecule has 0 aliphatic carbocycles. The van der Waals surface area contributed by atoms with E-state index in [-0.39, 0.29) is 11.2 Å². The first-order valence-electron chi connectivity index (χ1n) is 9.82. The first kappa shape index (κ1) is 19.7. The summed E-state index contributed by atoms with van der Waals surface area (Å²) in [5.74, 6) is -0.403. The minimum absolute atomic E-state index is 0.235. The number of rotatable bonds is 5. The number of benzene rings is 1. The fourth-order valence-electron chi connectivity index (χ4n) is 3.64. The van der Waals surface area contributed by atoms with Gasteiger partial charge < -0.3 is 10.2 Å². The third-order valence-electron chi connectivity index (χ3n) is 5.48. The Morgan fingerprint density at radius 2 is 1.97 bits per heavy atom. The lowest BCUT2D eigenvalue weighted by Crippen LogP contribution is -2.30. The second kappa shape index (κ2) is 7.66. The second-order valence-electron chi connectivity index (χ2n) is 7.22. The van der Waals surface area contributed by atoms with E-state index < -0.39 is 12.0 Å². The standard InChI is InChI=1S/C21H24N6O3/c1-5-26-13(2)16(12-22-26)17-11-18(30-24-17)20(28)23-19-14(3)25(4)27(21(19)29)15-9-7-6-8-10-15/h6-10,12,18H,5,11H2,1-4H3,(H,23,28)/t18-/m1/s1. The van der Waals surface area contributed by atoms with Gasteiger partial charge in [0.05, 0.1) is 23.3 Å². The van der Waals surface area contributed by atoms with Gasteiger partial charge in [-0.15, -0.1) is 0 Å². The molecule has 30 heavy (non-hydrogen) atoms. The molecule has 1 atom stereocenters. The van der Waals surface area contributed by atoms with Crippen molar-refractivity contribution in [3.8, 4) is 5.69 Å². The third kappa shape index (κ3) is 3.22. The van der Waals surface area contributed by atoms with Gasteiger partial charge in [-0.05, 0) is 32.9 Å². The number of nitrogens with one attached hydrogen (secondary N) is 1. The predicted molar refractivity (Wildman–Crippen MR) is 113 cm³/mol. The van der Waals surface area contributed by atoms with Crippen molar-refractivity contribution in [3.63, 3.8) is 0 Å². The van der Waals surface area contributed by atoms with Crippen molar-refractivity contribution in [2.24, 2.45) is 12.2 Å². The van der Waals surface area contributed by atoms with E-state index >= 15 is 0 Å². The lowest BCUT2D eigenvalue weighted by atomic mass is 10.1. The Morgan fingerprint density at radius 3 is 2.63 bits per heavy atom. The van der Waals surface area contributed by atoms with Gasteiger partial charge in [0.2, 0.25) is 6.10 Å². The van der Waals surface area contributed by atoms with Gasteiger partial charge in [-0.25, -0.2) is 4.68 Å². The number of aryl methyl sites for hydroxylation is 1. The maximum atomic E-state index is 13.0. The molecule has 2 aromatic heterocycles. The lowest BCUT2D eigenvalue weighted by Gasteiger charge is -2.08. The number of hydrogen-bond donors (Lipinski definition) is 1. The van der Waals surface area contributed by atoms with Crippen molar-refractivity contribution in [2.45, 2.75) is 39.8 Å². The minimum Gasteiger partial charge on any atom is -0.382 e. The molecule has 1 amide bonds. The van der Waals surface area contributed by atoms with Crippen LogP contribution in [0.25, 0.3) is 5.69 Å². The number of nitrogens with zero attached hydrogens (tertiary/aromatic N) is 5. The number of carbonyl (C=O) groups is 1. The highest BCUT2D eigenvalue weighted by molar-refractivity contribution is 6.06. The molecular weight excluding hydrogens is 384 g/mol. The van der Waals surface area contributed by atoms with Gasteiger partial charge in [-0.2, -0.15) is 5.10 Å². The Labute approximate surface area is 173 Å². The van der Waals surface area contributed by atoms with Crippen LogP contribution in [0.4, 0.5) is 5.69 Å². The van der Waals surface area contributed by atoms with Crippen LogP contribution in [-0.2, 0) is 23.2 Å². The first-order valence-corrected chi connectivity index (χ1v) is 9.82. The number of amides is 1. The molecule has 3 heterocycles. The van der Waals surface area contributed by atoms with Gasteiger partial charge in [0.15, 0.2) is 0 Å². The molecule has 0 spiro atoms. The summed E-state index contributed by atoms with van der Waals surface area (Å²) in [6.45, 7) is 6.51. The van der Waals surface area contributed by atoms with E-state index in [1.54, 1.807) is 24.9 Å². The predicted octanol–water partition coefficient (Wildman–Crippen LogP) is 2.14. The Kier molecular flexibility index (Phi) is 5.03. The SMILES string of the molecule is CCn1ncc(C2=NO[C@@H](C(=O)Nc3c(C)n(C)n(-c4ccccc4)c3=O)C2)c1C.